The van der Waals surface area contributed by atoms with Gasteiger partial charge in [-0.25, -0.2) is 9.37 Å². The number of nitrogens with zero attached hydrogens (tertiary/aromatic N) is 2. The second-order valence-electron chi connectivity index (χ2n) is 8.80. The Bertz CT molecular complexity index is 1680. The predicted octanol–water partition coefficient (Wildman–Crippen LogP) is 4.94. The zero-order valence-electron chi connectivity index (χ0n) is 20.5. The largest absolute Gasteiger partial charge is 0.507 e. The summed E-state index contributed by atoms with van der Waals surface area (Å²) in [7, 11) is 0. The highest BCUT2D eigenvalue weighted by atomic mass is 32.1. The molecule has 2 N–H and O–H groups in total. The highest BCUT2D eigenvalue weighted by Crippen LogP contribution is 2.46. The zero-order valence-corrected chi connectivity index (χ0v) is 21.3. The van der Waals surface area contributed by atoms with Gasteiger partial charge in [0.25, 0.3) is 5.78 Å². The van der Waals surface area contributed by atoms with E-state index < -0.39 is 29.3 Å². The normalized spacial score (nSPS) is 18.1. The summed E-state index contributed by atoms with van der Waals surface area (Å²) >= 11 is 1.04. The van der Waals surface area contributed by atoms with Gasteiger partial charge in [-0.3, -0.25) is 14.5 Å². The number of phenols is 1. The molecule has 9 nitrogen and oxygen atoms in total. The molecule has 0 bridgehead atoms. The van der Waals surface area contributed by atoms with E-state index in [4.69, 9.17) is 14.2 Å². The fourth-order valence-corrected chi connectivity index (χ4v) is 5.67. The van der Waals surface area contributed by atoms with Crippen LogP contribution in [0.15, 0.2) is 60.2 Å². The lowest BCUT2D eigenvalue weighted by Crippen LogP contribution is -2.29. The maximum atomic E-state index is 13.9. The number of benzene rings is 3. The second kappa shape index (κ2) is 9.59. The van der Waals surface area contributed by atoms with E-state index in [0.717, 1.165) is 11.3 Å². The molecule has 0 radical (unpaired) electrons. The SMILES string of the molecule is CCOc1cc(C2/C(=C(\O)c3ccc4c(c3)OCCO4)C(=O)C(=O)N2c2nc3ccc(F)cc3s2)ccc1O. The van der Waals surface area contributed by atoms with Crippen LogP contribution in [0, 0.1) is 5.82 Å². The van der Waals surface area contributed by atoms with Gasteiger partial charge in [-0.05, 0) is 61.0 Å². The van der Waals surface area contributed by atoms with Crippen LogP contribution in [0.4, 0.5) is 9.52 Å². The Kier molecular flexibility index (Phi) is 6.07. The molecular formula is C28H21FN2O7S. The van der Waals surface area contributed by atoms with E-state index in [1.54, 1.807) is 19.1 Å². The van der Waals surface area contributed by atoms with Gasteiger partial charge in [-0.2, -0.15) is 0 Å². The number of amides is 1. The van der Waals surface area contributed by atoms with Crippen molar-refractivity contribution in [2.75, 3.05) is 24.7 Å². The Morgan fingerprint density at radius 1 is 1.10 bits per heavy atom. The summed E-state index contributed by atoms with van der Waals surface area (Å²) < 4.78 is 31.1. The standard InChI is InChI=1S/C28H21FN2O7S/c1-2-36-20-11-14(3-7-18(20)32)24-23(25(33)15-4-8-19-21(12-15)38-10-9-37-19)26(34)27(35)31(24)28-30-17-6-5-16(29)13-22(17)39-28/h3-8,11-13,24,32-33H,2,9-10H2,1H3/b25-23+. The quantitative estimate of drug-likeness (QED) is 0.205. The number of phenolic OH excluding ortho intramolecular Hbond substituents is 1. The highest BCUT2D eigenvalue weighted by molar-refractivity contribution is 7.22. The number of anilines is 1. The Morgan fingerprint density at radius 2 is 1.90 bits per heavy atom. The predicted molar refractivity (Wildman–Crippen MR) is 141 cm³/mol. The lowest BCUT2D eigenvalue weighted by atomic mass is 9.95. The van der Waals surface area contributed by atoms with Crippen LogP contribution in [0.25, 0.3) is 16.0 Å². The molecule has 1 amide bonds. The molecule has 1 unspecified atom stereocenters. The van der Waals surface area contributed by atoms with Crippen LogP contribution in [-0.4, -0.2) is 46.7 Å². The molecule has 2 aliphatic rings. The van der Waals surface area contributed by atoms with E-state index in [0.29, 0.717) is 40.5 Å². The van der Waals surface area contributed by atoms with Gasteiger partial charge in [0.1, 0.15) is 24.8 Å². The van der Waals surface area contributed by atoms with E-state index in [9.17, 15) is 24.2 Å². The number of aliphatic hydroxyl groups excluding tert-OH is 1. The molecule has 198 valence electrons. The maximum absolute atomic E-state index is 13.9. The molecule has 0 spiro atoms. The lowest BCUT2D eigenvalue weighted by Gasteiger charge is -2.24. The van der Waals surface area contributed by atoms with E-state index in [-0.39, 0.29) is 34.4 Å². The van der Waals surface area contributed by atoms with Crippen molar-refractivity contribution in [3.8, 4) is 23.0 Å². The van der Waals surface area contributed by atoms with Crippen molar-refractivity contribution >= 4 is 44.1 Å². The van der Waals surface area contributed by atoms with E-state index >= 15 is 0 Å². The number of hydrogen-bond acceptors (Lipinski definition) is 9. The van der Waals surface area contributed by atoms with Gasteiger partial charge in [-0.15, -0.1) is 0 Å². The lowest BCUT2D eigenvalue weighted by molar-refractivity contribution is -0.132. The summed E-state index contributed by atoms with van der Waals surface area (Å²) in [5, 5.41) is 21.9. The summed E-state index contributed by atoms with van der Waals surface area (Å²) in [6.45, 7) is 2.73. The second-order valence-corrected chi connectivity index (χ2v) is 9.81. The molecular weight excluding hydrogens is 527 g/mol. The third kappa shape index (κ3) is 4.20. The number of carbonyl (C=O) groups is 2. The van der Waals surface area contributed by atoms with Crippen molar-refractivity contribution in [2.24, 2.45) is 0 Å². The number of rotatable bonds is 5. The third-order valence-corrected chi connectivity index (χ3v) is 7.42. The third-order valence-electron chi connectivity index (χ3n) is 6.40. The first kappa shape index (κ1) is 24.7. The molecule has 2 aliphatic heterocycles. The molecule has 3 heterocycles. The monoisotopic (exact) mass is 548 g/mol. The van der Waals surface area contributed by atoms with Gasteiger partial charge in [0.15, 0.2) is 28.1 Å². The van der Waals surface area contributed by atoms with Gasteiger partial charge in [-0.1, -0.05) is 17.4 Å². The molecule has 1 atom stereocenters. The smallest absolute Gasteiger partial charge is 0.301 e. The van der Waals surface area contributed by atoms with Crippen LogP contribution in [0.1, 0.15) is 24.1 Å². The number of thiazole rings is 1. The Hall–Kier alpha value is -4.64. The van der Waals surface area contributed by atoms with Gasteiger partial charge in [0.2, 0.25) is 0 Å². The van der Waals surface area contributed by atoms with Crippen molar-refractivity contribution < 1.29 is 38.4 Å². The summed E-state index contributed by atoms with van der Waals surface area (Å²) in [5.41, 5.74) is 0.900. The molecule has 1 saturated heterocycles. The first-order valence-electron chi connectivity index (χ1n) is 12.1. The van der Waals surface area contributed by atoms with E-state index in [1.807, 2.05) is 0 Å². The molecule has 3 aromatic carbocycles. The fourth-order valence-electron chi connectivity index (χ4n) is 4.65. The maximum Gasteiger partial charge on any atom is 0.301 e. The molecule has 39 heavy (non-hydrogen) atoms. The van der Waals surface area contributed by atoms with E-state index in [2.05, 4.69) is 4.98 Å². The minimum absolute atomic E-state index is 0.125. The summed E-state index contributed by atoms with van der Waals surface area (Å²) in [5.74, 6) is -1.81. The van der Waals surface area contributed by atoms with Crippen LogP contribution in [0.2, 0.25) is 0 Å². The highest BCUT2D eigenvalue weighted by Gasteiger charge is 2.48. The molecule has 0 saturated carbocycles. The number of Topliss-reactive ketones (excluding diaryl/α,β-unsaturated/α-hetero) is 1. The van der Waals surface area contributed by atoms with Crippen LogP contribution >= 0.6 is 11.3 Å². The molecule has 6 rings (SSSR count). The molecule has 1 aromatic heterocycles. The number of fused-ring (bicyclic) bond motifs is 2. The average Bonchev–Trinajstić information content (AvgIpc) is 3.46. The number of halogens is 1. The first-order valence-corrected chi connectivity index (χ1v) is 12.9. The fraction of sp³-hybridized carbons (Fsp3) is 0.179. The van der Waals surface area contributed by atoms with Gasteiger partial charge < -0.3 is 24.4 Å². The van der Waals surface area contributed by atoms with Crippen LogP contribution in [-0.2, 0) is 9.59 Å². The van der Waals surface area contributed by atoms with Crippen molar-refractivity contribution in [1.82, 2.24) is 4.98 Å². The minimum Gasteiger partial charge on any atom is -0.507 e. The topological polar surface area (TPSA) is 118 Å². The van der Waals surface area contributed by atoms with Gasteiger partial charge in [0.05, 0.1) is 28.4 Å². The van der Waals surface area contributed by atoms with Crippen molar-refractivity contribution in [3.05, 3.63) is 77.1 Å². The average molecular weight is 549 g/mol. The summed E-state index contributed by atoms with van der Waals surface area (Å²) in [6.07, 6.45) is 0. The molecule has 11 heteroatoms. The molecule has 1 fully saturated rings. The first-order chi connectivity index (χ1) is 18.9. The molecule has 4 aromatic rings. The summed E-state index contributed by atoms with van der Waals surface area (Å²) in [6, 6.07) is 12.1. The Labute approximate surface area is 225 Å². The van der Waals surface area contributed by atoms with Crippen LogP contribution in [0.3, 0.4) is 0 Å². The van der Waals surface area contributed by atoms with Crippen molar-refractivity contribution in [2.45, 2.75) is 13.0 Å². The Morgan fingerprint density at radius 3 is 2.69 bits per heavy atom. The number of ether oxygens (including phenoxy) is 3. The van der Waals surface area contributed by atoms with Crippen LogP contribution in [0.5, 0.6) is 23.0 Å². The number of carbonyl (C=O) groups excluding carboxylic acids is 2. The van der Waals surface area contributed by atoms with Gasteiger partial charge in [0, 0.05) is 5.56 Å². The summed E-state index contributed by atoms with van der Waals surface area (Å²) in [4.78, 5) is 32.6. The van der Waals surface area contributed by atoms with Crippen LogP contribution < -0.4 is 19.1 Å². The number of ketones is 1. The molecule has 0 aliphatic carbocycles. The Balaban J connectivity index is 1.55. The van der Waals surface area contributed by atoms with Crippen molar-refractivity contribution in [3.63, 3.8) is 0 Å². The zero-order chi connectivity index (χ0) is 27.3. The number of aromatic nitrogens is 1. The number of hydrogen-bond donors (Lipinski definition) is 2. The van der Waals surface area contributed by atoms with E-state index in [1.165, 1.54) is 47.4 Å². The van der Waals surface area contributed by atoms with Crippen molar-refractivity contribution in [1.29, 1.82) is 0 Å². The number of aliphatic hydroxyl groups is 1. The van der Waals surface area contributed by atoms with Gasteiger partial charge >= 0.3 is 5.91 Å². The minimum atomic E-state index is -1.12. The number of aromatic hydroxyl groups is 1.